The van der Waals surface area contributed by atoms with E-state index in [1.54, 1.807) is 34.0 Å². The molecule has 2 rings (SSSR count). The van der Waals surface area contributed by atoms with Crippen LogP contribution in [0.4, 0.5) is 5.82 Å². The van der Waals surface area contributed by atoms with Crippen LogP contribution in [-0.4, -0.2) is 38.0 Å². The van der Waals surface area contributed by atoms with Crippen molar-refractivity contribution in [2.45, 2.75) is 26.8 Å². The number of esters is 1. The van der Waals surface area contributed by atoms with Crippen LogP contribution in [0.2, 0.25) is 5.02 Å². The molecule has 0 radical (unpaired) electrons. The highest BCUT2D eigenvalue weighted by atomic mass is 35.5. The highest BCUT2D eigenvalue weighted by Gasteiger charge is 2.23. The third kappa shape index (κ3) is 3.53. The number of nitrogens with zero attached hydrogens (tertiary/aromatic N) is 4. The smallest absolute Gasteiger partial charge is 0.343 e. The maximum atomic E-state index is 12.4. The lowest BCUT2D eigenvalue weighted by Gasteiger charge is -2.13. The Bertz CT molecular complexity index is 717. The van der Waals surface area contributed by atoms with Crippen LogP contribution >= 0.6 is 11.6 Å². The van der Waals surface area contributed by atoms with Gasteiger partial charge in [0.2, 0.25) is 5.91 Å². The number of aryl methyl sites for hydroxylation is 2. The summed E-state index contributed by atoms with van der Waals surface area (Å²) in [6.07, 6.45) is 2.93. The third-order valence-electron chi connectivity index (χ3n) is 3.31. The Morgan fingerprint density at radius 3 is 2.74 bits per heavy atom. The van der Waals surface area contributed by atoms with Gasteiger partial charge in [0.15, 0.2) is 0 Å². The molecule has 0 aliphatic carbocycles. The fourth-order valence-electron chi connectivity index (χ4n) is 1.94. The maximum Gasteiger partial charge on any atom is 0.343 e. The Morgan fingerprint density at radius 1 is 1.48 bits per heavy atom. The van der Waals surface area contributed by atoms with Crippen molar-refractivity contribution in [3.63, 3.8) is 0 Å². The Kier molecular flexibility index (Phi) is 5.05. The molecule has 0 aliphatic rings. The predicted octanol–water partition coefficient (Wildman–Crippen LogP) is 1.95. The van der Waals surface area contributed by atoms with E-state index in [-0.39, 0.29) is 23.9 Å². The predicted molar refractivity (Wildman–Crippen MR) is 84.5 cm³/mol. The number of nitrogens with one attached hydrogen (secondary N) is 1. The molecule has 1 amide bonds. The lowest BCUT2D eigenvalue weighted by atomic mass is 10.3. The van der Waals surface area contributed by atoms with Crippen molar-refractivity contribution in [3.8, 4) is 0 Å². The lowest BCUT2D eigenvalue weighted by molar-refractivity contribution is -0.119. The van der Waals surface area contributed by atoms with Crippen molar-refractivity contribution in [2.75, 3.05) is 11.9 Å². The van der Waals surface area contributed by atoms with Crippen LogP contribution < -0.4 is 5.32 Å². The number of hydrogen-bond acceptors (Lipinski definition) is 5. The average Bonchev–Trinajstić information content (AvgIpc) is 3.02. The second kappa shape index (κ2) is 6.82. The van der Waals surface area contributed by atoms with E-state index in [0.717, 1.165) is 0 Å². The van der Waals surface area contributed by atoms with Crippen LogP contribution in [-0.2, 0) is 16.6 Å². The maximum absolute atomic E-state index is 12.4. The molecule has 0 saturated heterocycles. The minimum absolute atomic E-state index is 0.199. The van der Waals surface area contributed by atoms with Gasteiger partial charge in [-0.25, -0.2) is 4.79 Å². The summed E-state index contributed by atoms with van der Waals surface area (Å²) in [5, 5.41) is 11.3. The molecule has 9 heteroatoms. The first kappa shape index (κ1) is 17.0. The van der Waals surface area contributed by atoms with Crippen molar-refractivity contribution in [2.24, 2.45) is 7.05 Å². The van der Waals surface area contributed by atoms with Crippen molar-refractivity contribution in [3.05, 3.63) is 28.7 Å². The number of halogens is 1. The number of amides is 1. The summed E-state index contributed by atoms with van der Waals surface area (Å²) in [4.78, 5) is 24.3. The fourth-order valence-corrected chi connectivity index (χ4v) is 2.08. The van der Waals surface area contributed by atoms with Gasteiger partial charge in [0.25, 0.3) is 0 Å². The van der Waals surface area contributed by atoms with E-state index >= 15 is 0 Å². The van der Waals surface area contributed by atoms with E-state index in [1.807, 2.05) is 0 Å². The molecule has 2 aromatic heterocycles. The second-order valence-electron chi connectivity index (χ2n) is 4.96. The number of aromatic nitrogens is 4. The van der Waals surface area contributed by atoms with Gasteiger partial charge in [0, 0.05) is 13.2 Å². The van der Waals surface area contributed by atoms with Gasteiger partial charge in [-0.2, -0.15) is 10.2 Å². The third-order valence-corrected chi connectivity index (χ3v) is 3.68. The molecule has 8 nitrogen and oxygen atoms in total. The van der Waals surface area contributed by atoms with Crippen molar-refractivity contribution >= 4 is 29.3 Å². The standard InChI is InChI=1S/C14H18ClN5O3/c1-5-23-14(22)10-6-16-19(4)12(10)17-13(21)9(3)20-7-11(15)8(2)18-20/h6-7,9H,5H2,1-4H3,(H,17,21). The van der Waals surface area contributed by atoms with Gasteiger partial charge in [0.05, 0.1) is 23.5 Å². The van der Waals surface area contributed by atoms with Gasteiger partial charge in [-0.15, -0.1) is 0 Å². The molecular formula is C14H18ClN5O3. The number of hydrogen-bond donors (Lipinski definition) is 1. The average molecular weight is 340 g/mol. The number of rotatable bonds is 5. The lowest BCUT2D eigenvalue weighted by Crippen LogP contribution is -2.26. The molecule has 23 heavy (non-hydrogen) atoms. The Balaban J connectivity index is 2.20. The Hall–Kier alpha value is -2.35. The van der Waals surface area contributed by atoms with E-state index in [2.05, 4.69) is 15.5 Å². The summed E-state index contributed by atoms with van der Waals surface area (Å²) in [5.74, 6) is -0.616. The van der Waals surface area contributed by atoms with Crippen LogP contribution in [0.1, 0.15) is 35.9 Å². The SMILES string of the molecule is CCOC(=O)c1cnn(C)c1NC(=O)C(C)n1cc(Cl)c(C)n1. The molecule has 2 heterocycles. The molecule has 1 unspecified atom stereocenters. The molecule has 0 saturated carbocycles. The minimum Gasteiger partial charge on any atom is -0.462 e. The first-order valence-corrected chi connectivity index (χ1v) is 7.44. The van der Waals surface area contributed by atoms with E-state index in [4.69, 9.17) is 16.3 Å². The zero-order chi connectivity index (χ0) is 17.1. The quantitative estimate of drug-likeness (QED) is 0.841. The van der Waals surface area contributed by atoms with Gasteiger partial charge in [-0.1, -0.05) is 11.6 Å². The van der Waals surface area contributed by atoms with E-state index in [9.17, 15) is 9.59 Å². The van der Waals surface area contributed by atoms with Crippen molar-refractivity contribution in [1.29, 1.82) is 0 Å². The van der Waals surface area contributed by atoms with Gasteiger partial charge in [-0.05, 0) is 20.8 Å². The van der Waals surface area contributed by atoms with Crippen LogP contribution in [0.3, 0.4) is 0 Å². The zero-order valence-corrected chi connectivity index (χ0v) is 14.1. The van der Waals surface area contributed by atoms with E-state index in [1.165, 1.54) is 15.6 Å². The topological polar surface area (TPSA) is 91.0 Å². The summed E-state index contributed by atoms with van der Waals surface area (Å²) >= 11 is 5.96. The molecule has 0 bridgehead atoms. The molecule has 0 aromatic carbocycles. The van der Waals surface area contributed by atoms with Crippen molar-refractivity contribution < 1.29 is 14.3 Å². The molecule has 2 aromatic rings. The van der Waals surface area contributed by atoms with Crippen molar-refractivity contribution in [1.82, 2.24) is 19.6 Å². The van der Waals surface area contributed by atoms with Crippen LogP contribution in [0, 0.1) is 6.92 Å². The first-order chi connectivity index (χ1) is 10.8. The number of ether oxygens (including phenoxy) is 1. The molecule has 0 fully saturated rings. The highest BCUT2D eigenvalue weighted by molar-refractivity contribution is 6.31. The Morgan fingerprint density at radius 2 is 2.17 bits per heavy atom. The van der Waals surface area contributed by atoms with Crippen LogP contribution in [0.5, 0.6) is 0 Å². The van der Waals surface area contributed by atoms with E-state index < -0.39 is 12.0 Å². The number of anilines is 1. The summed E-state index contributed by atoms with van der Waals surface area (Å²) < 4.78 is 7.82. The van der Waals surface area contributed by atoms with Gasteiger partial charge < -0.3 is 10.1 Å². The monoisotopic (exact) mass is 339 g/mol. The molecule has 0 spiro atoms. The summed E-state index contributed by atoms with van der Waals surface area (Å²) in [5.41, 5.74) is 0.837. The van der Waals surface area contributed by atoms with Crippen LogP contribution in [0.25, 0.3) is 0 Å². The summed E-state index contributed by atoms with van der Waals surface area (Å²) in [7, 11) is 1.62. The zero-order valence-electron chi connectivity index (χ0n) is 13.3. The largest absolute Gasteiger partial charge is 0.462 e. The molecular weight excluding hydrogens is 322 g/mol. The second-order valence-corrected chi connectivity index (χ2v) is 5.37. The molecule has 1 atom stereocenters. The van der Waals surface area contributed by atoms with Gasteiger partial charge in [-0.3, -0.25) is 14.2 Å². The highest BCUT2D eigenvalue weighted by Crippen LogP contribution is 2.19. The van der Waals surface area contributed by atoms with Gasteiger partial charge in [0.1, 0.15) is 17.4 Å². The molecule has 0 aliphatic heterocycles. The molecule has 124 valence electrons. The Labute approximate surface area is 138 Å². The minimum atomic E-state index is -0.605. The van der Waals surface area contributed by atoms with Crippen LogP contribution in [0.15, 0.2) is 12.4 Å². The summed E-state index contributed by atoms with van der Waals surface area (Å²) in [6.45, 7) is 5.38. The summed E-state index contributed by atoms with van der Waals surface area (Å²) in [6, 6.07) is -0.605. The number of carbonyl (C=O) groups excluding carboxylic acids is 2. The fraction of sp³-hybridized carbons (Fsp3) is 0.429. The van der Waals surface area contributed by atoms with Gasteiger partial charge >= 0.3 is 5.97 Å². The first-order valence-electron chi connectivity index (χ1n) is 7.06. The molecule has 1 N–H and O–H groups in total. The van der Waals surface area contributed by atoms with E-state index in [0.29, 0.717) is 10.7 Å². The number of carbonyl (C=O) groups is 2. The normalized spacial score (nSPS) is 12.0.